The lowest BCUT2D eigenvalue weighted by molar-refractivity contribution is -0.138. The van der Waals surface area contributed by atoms with Gasteiger partial charge < -0.3 is 24.6 Å². The Balaban J connectivity index is 1.20. The first-order valence-electron chi connectivity index (χ1n) is 13.7. The topological polar surface area (TPSA) is 188 Å². The van der Waals surface area contributed by atoms with Gasteiger partial charge in [0.05, 0.1) is 36.5 Å². The first-order chi connectivity index (χ1) is 21.0. The Labute approximate surface area is 251 Å². The molecule has 236 valence electrons. The van der Waals surface area contributed by atoms with Crippen molar-refractivity contribution in [3.8, 4) is 0 Å². The molecule has 0 atom stereocenters. The molecule has 4 rings (SSSR count). The Morgan fingerprint density at radius 3 is 2.39 bits per heavy atom. The highest BCUT2D eigenvalue weighted by Crippen LogP contribution is 2.20. The lowest BCUT2D eigenvalue weighted by atomic mass is 10.0. The molecule has 0 bridgehead atoms. The quantitative estimate of drug-likeness (QED) is 0.170. The SMILES string of the molecule is O=C(CS(=O)(=O)O)NCCOCCOCC(=O)N1CCN(C(=O)c2cc(Cc3n[nH]c(=O)c4ccccc34)ccc2F)CC1. The van der Waals surface area contributed by atoms with Crippen LogP contribution in [0, 0.1) is 5.82 Å². The second-order valence-electron chi connectivity index (χ2n) is 9.95. The van der Waals surface area contributed by atoms with E-state index in [4.69, 9.17) is 14.0 Å². The number of fused-ring (bicyclic) bond motifs is 1. The van der Waals surface area contributed by atoms with Gasteiger partial charge in [-0.25, -0.2) is 9.49 Å². The maximum atomic E-state index is 14.7. The highest BCUT2D eigenvalue weighted by atomic mass is 32.2. The van der Waals surface area contributed by atoms with Gasteiger partial charge in [-0.05, 0) is 23.8 Å². The van der Waals surface area contributed by atoms with E-state index >= 15 is 0 Å². The number of nitrogens with zero attached hydrogens (tertiary/aromatic N) is 3. The number of hydrogen-bond donors (Lipinski definition) is 3. The zero-order valence-electron chi connectivity index (χ0n) is 23.7. The van der Waals surface area contributed by atoms with Crippen molar-refractivity contribution in [3.05, 3.63) is 75.5 Å². The summed E-state index contributed by atoms with van der Waals surface area (Å²) in [5.41, 5.74) is 0.845. The highest BCUT2D eigenvalue weighted by Gasteiger charge is 2.26. The number of hydrogen-bond acceptors (Lipinski definition) is 9. The predicted molar refractivity (Wildman–Crippen MR) is 155 cm³/mol. The molecule has 1 aliphatic heterocycles. The summed E-state index contributed by atoms with van der Waals surface area (Å²) in [5, 5.41) is 10.1. The maximum Gasteiger partial charge on any atom is 0.274 e. The fraction of sp³-hybridized carbons (Fsp3) is 0.393. The van der Waals surface area contributed by atoms with Gasteiger partial charge in [-0.15, -0.1) is 0 Å². The number of aromatic amines is 1. The molecule has 0 unspecified atom stereocenters. The van der Waals surface area contributed by atoms with Gasteiger partial charge >= 0.3 is 0 Å². The maximum absolute atomic E-state index is 14.7. The van der Waals surface area contributed by atoms with Crippen molar-refractivity contribution in [2.24, 2.45) is 0 Å². The molecule has 0 saturated carbocycles. The van der Waals surface area contributed by atoms with E-state index in [9.17, 15) is 32.0 Å². The zero-order chi connectivity index (χ0) is 31.7. The van der Waals surface area contributed by atoms with E-state index in [1.54, 1.807) is 35.2 Å². The van der Waals surface area contributed by atoms with Crippen LogP contribution in [0.1, 0.15) is 21.6 Å². The zero-order valence-corrected chi connectivity index (χ0v) is 24.5. The number of piperazine rings is 1. The van der Waals surface area contributed by atoms with E-state index in [0.717, 1.165) is 0 Å². The van der Waals surface area contributed by atoms with Crippen LogP contribution in [0.5, 0.6) is 0 Å². The van der Waals surface area contributed by atoms with Crippen LogP contribution < -0.4 is 10.9 Å². The summed E-state index contributed by atoms with van der Waals surface area (Å²) in [6, 6.07) is 11.3. The van der Waals surface area contributed by atoms with Crippen molar-refractivity contribution in [1.82, 2.24) is 25.3 Å². The number of carbonyl (C=O) groups excluding carboxylic acids is 3. The molecular formula is C28H32FN5O9S. The third kappa shape index (κ3) is 9.12. The second-order valence-corrected chi connectivity index (χ2v) is 11.4. The molecule has 2 heterocycles. The van der Waals surface area contributed by atoms with Gasteiger partial charge in [0.2, 0.25) is 11.8 Å². The summed E-state index contributed by atoms with van der Waals surface area (Å²) in [4.78, 5) is 52.1. The Bertz CT molecular complexity index is 1670. The minimum Gasteiger partial charge on any atom is -0.377 e. The first kappa shape index (κ1) is 32.7. The largest absolute Gasteiger partial charge is 0.377 e. The summed E-state index contributed by atoms with van der Waals surface area (Å²) < 4.78 is 55.1. The number of halogens is 1. The summed E-state index contributed by atoms with van der Waals surface area (Å²) in [7, 11) is -4.39. The van der Waals surface area contributed by atoms with Crippen LogP contribution in [0.4, 0.5) is 4.39 Å². The molecule has 3 aromatic rings. The molecule has 0 radical (unpaired) electrons. The molecule has 0 aliphatic carbocycles. The summed E-state index contributed by atoms with van der Waals surface area (Å²) in [6.45, 7) is 1.07. The highest BCUT2D eigenvalue weighted by molar-refractivity contribution is 7.86. The van der Waals surface area contributed by atoms with Gasteiger partial charge in [-0.2, -0.15) is 13.5 Å². The van der Waals surface area contributed by atoms with Crippen LogP contribution >= 0.6 is 0 Å². The summed E-state index contributed by atoms with van der Waals surface area (Å²) in [6.07, 6.45) is 0.277. The number of nitrogens with one attached hydrogen (secondary N) is 2. The predicted octanol–water partition coefficient (Wildman–Crippen LogP) is -0.0254. The van der Waals surface area contributed by atoms with Crippen LogP contribution in [-0.2, 0) is 35.6 Å². The van der Waals surface area contributed by atoms with Gasteiger partial charge in [-0.1, -0.05) is 24.3 Å². The molecule has 1 aliphatic rings. The molecular weight excluding hydrogens is 601 g/mol. The molecule has 3 amide bonds. The van der Waals surface area contributed by atoms with Crippen LogP contribution in [0.2, 0.25) is 0 Å². The van der Waals surface area contributed by atoms with E-state index in [2.05, 4.69) is 15.5 Å². The second kappa shape index (κ2) is 15.0. The van der Waals surface area contributed by atoms with E-state index in [-0.39, 0.29) is 82.6 Å². The summed E-state index contributed by atoms with van der Waals surface area (Å²) in [5.74, 6) is -3.30. The number of carbonyl (C=O) groups is 3. The molecule has 3 N–H and O–H groups in total. The van der Waals surface area contributed by atoms with E-state index in [1.165, 1.54) is 17.0 Å². The molecule has 44 heavy (non-hydrogen) atoms. The lowest BCUT2D eigenvalue weighted by Crippen LogP contribution is -2.51. The Morgan fingerprint density at radius 2 is 1.66 bits per heavy atom. The van der Waals surface area contributed by atoms with Crippen molar-refractivity contribution < 1.29 is 41.2 Å². The minimum atomic E-state index is -4.39. The molecule has 1 fully saturated rings. The average molecular weight is 634 g/mol. The number of benzene rings is 2. The first-order valence-corrected chi connectivity index (χ1v) is 15.3. The third-order valence-corrected chi connectivity index (χ3v) is 7.43. The van der Waals surface area contributed by atoms with Crippen molar-refractivity contribution in [1.29, 1.82) is 0 Å². The van der Waals surface area contributed by atoms with Crippen LogP contribution in [0.25, 0.3) is 10.8 Å². The number of aromatic nitrogens is 2. The van der Waals surface area contributed by atoms with Gasteiger partial charge in [0, 0.05) is 44.5 Å². The molecule has 0 spiro atoms. The van der Waals surface area contributed by atoms with Gasteiger partial charge in [-0.3, -0.25) is 23.7 Å². The van der Waals surface area contributed by atoms with Crippen LogP contribution in [0.15, 0.2) is 47.3 Å². The number of ether oxygens (including phenoxy) is 2. The van der Waals surface area contributed by atoms with Crippen molar-refractivity contribution in [2.45, 2.75) is 6.42 Å². The van der Waals surface area contributed by atoms with Gasteiger partial charge in [0.15, 0.2) is 5.75 Å². The molecule has 14 nitrogen and oxygen atoms in total. The van der Waals surface area contributed by atoms with Crippen molar-refractivity contribution >= 4 is 38.6 Å². The van der Waals surface area contributed by atoms with Crippen LogP contribution in [0.3, 0.4) is 0 Å². The minimum absolute atomic E-state index is 0.0357. The van der Waals surface area contributed by atoms with Crippen molar-refractivity contribution in [2.75, 3.05) is 64.9 Å². The van der Waals surface area contributed by atoms with Gasteiger partial charge in [0.25, 0.3) is 21.6 Å². The average Bonchev–Trinajstić information content (AvgIpc) is 2.99. The number of amides is 3. The van der Waals surface area contributed by atoms with Gasteiger partial charge in [0.1, 0.15) is 12.4 Å². The monoisotopic (exact) mass is 633 g/mol. The normalized spacial score (nSPS) is 13.7. The van der Waals surface area contributed by atoms with Crippen LogP contribution in [-0.4, -0.2) is 116 Å². The smallest absolute Gasteiger partial charge is 0.274 e. The Kier molecular flexibility index (Phi) is 11.1. The third-order valence-electron chi connectivity index (χ3n) is 6.81. The molecule has 1 aromatic heterocycles. The lowest BCUT2D eigenvalue weighted by Gasteiger charge is -2.34. The fourth-order valence-corrected chi connectivity index (χ4v) is 5.06. The standard InChI is InChI=1S/C28H32FN5O9S/c29-23-6-5-19(16-24-20-3-1-2-4-21(20)27(37)32-31-24)15-22(23)28(38)34-10-8-33(9-11-34)26(36)17-43-14-13-42-12-7-30-25(35)18-44(39,40)41/h1-6,15H,7-14,16-18H2,(H,30,35)(H,32,37)(H,39,40,41). The van der Waals surface area contributed by atoms with E-state index < -0.39 is 33.5 Å². The van der Waals surface area contributed by atoms with E-state index in [1.807, 2.05) is 0 Å². The Hall–Kier alpha value is -4.25. The summed E-state index contributed by atoms with van der Waals surface area (Å²) >= 11 is 0. The molecule has 2 aromatic carbocycles. The van der Waals surface area contributed by atoms with E-state index in [0.29, 0.717) is 22.0 Å². The van der Waals surface area contributed by atoms with Crippen molar-refractivity contribution in [3.63, 3.8) is 0 Å². The fourth-order valence-electron chi connectivity index (χ4n) is 4.63. The molecule has 1 saturated heterocycles. The Morgan fingerprint density at radius 1 is 0.977 bits per heavy atom. The number of H-pyrrole nitrogens is 1. The number of rotatable bonds is 13. The molecule has 16 heteroatoms.